The van der Waals surface area contributed by atoms with Gasteiger partial charge in [-0.1, -0.05) is 6.07 Å². The van der Waals surface area contributed by atoms with Crippen LogP contribution < -0.4 is 11.1 Å². The van der Waals surface area contributed by atoms with Gasteiger partial charge < -0.3 is 15.8 Å². The molecule has 1 atom stereocenters. The van der Waals surface area contributed by atoms with Gasteiger partial charge in [-0.3, -0.25) is 9.20 Å². The van der Waals surface area contributed by atoms with Crippen LogP contribution in [-0.4, -0.2) is 69.9 Å². The van der Waals surface area contributed by atoms with Crippen molar-refractivity contribution in [2.45, 2.75) is 61.5 Å². The van der Waals surface area contributed by atoms with Crippen molar-refractivity contribution in [3.8, 4) is 11.3 Å². The van der Waals surface area contributed by atoms with Crippen molar-refractivity contribution < 1.29 is 49.1 Å². The summed E-state index contributed by atoms with van der Waals surface area (Å²) in [6, 6.07) is 3.31. The number of imidazole rings is 1. The molecule has 0 bridgehead atoms. The monoisotopic (exact) mass is 634 g/mol. The van der Waals surface area contributed by atoms with E-state index >= 15 is 0 Å². The fourth-order valence-corrected chi connectivity index (χ4v) is 6.40. The van der Waals surface area contributed by atoms with Crippen molar-refractivity contribution >= 4 is 33.4 Å². The molecule has 3 N–H and O–H groups in total. The van der Waals surface area contributed by atoms with Gasteiger partial charge in [-0.2, -0.15) is 30.6 Å². The first-order valence-electron chi connectivity index (χ1n) is 12.9. The number of sulfonamides is 1. The number of fused-ring (bicyclic) bond motifs is 1. The van der Waals surface area contributed by atoms with Crippen LogP contribution in [0.4, 0.5) is 32.2 Å². The van der Waals surface area contributed by atoms with E-state index in [2.05, 4.69) is 20.0 Å². The molecule has 2 aliphatic rings. The van der Waals surface area contributed by atoms with E-state index in [0.29, 0.717) is 24.6 Å². The number of carbonyl (C=O) groups is 2. The molecule has 1 unspecified atom stereocenters. The summed E-state index contributed by atoms with van der Waals surface area (Å²) >= 11 is 0. The maximum atomic E-state index is 13.6. The van der Waals surface area contributed by atoms with Crippen molar-refractivity contribution in [1.82, 2.24) is 24.0 Å². The molecule has 11 nitrogen and oxygen atoms in total. The number of esters is 1. The number of hydrogen-bond acceptors (Lipinski definition) is 8. The first-order valence-corrected chi connectivity index (χ1v) is 14.3. The number of aromatic nitrogens is 3. The van der Waals surface area contributed by atoms with Crippen LogP contribution in [0.2, 0.25) is 0 Å². The minimum absolute atomic E-state index is 0.0559. The molecule has 18 heteroatoms. The Kier molecular flexibility index (Phi) is 7.35. The Morgan fingerprint density at radius 1 is 1.16 bits per heavy atom. The number of alkyl halides is 6. The second kappa shape index (κ2) is 10.4. The summed E-state index contributed by atoms with van der Waals surface area (Å²) in [5, 5.41) is 2.51. The van der Waals surface area contributed by atoms with Gasteiger partial charge >= 0.3 is 18.3 Å². The Balaban J connectivity index is 1.38. The lowest BCUT2D eigenvalue weighted by Gasteiger charge is -2.33. The first-order chi connectivity index (χ1) is 19.9. The van der Waals surface area contributed by atoms with Crippen LogP contribution in [0.3, 0.4) is 0 Å². The maximum absolute atomic E-state index is 13.6. The summed E-state index contributed by atoms with van der Waals surface area (Å²) < 4.78 is 112. The number of ether oxygens (including phenoxy) is 1. The van der Waals surface area contributed by atoms with E-state index in [1.54, 1.807) is 6.92 Å². The maximum Gasteiger partial charge on any atom is 0.490 e. The largest absolute Gasteiger partial charge is 0.490 e. The van der Waals surface area contributed by atoms with E-state index in [1.807, 2.05) is 0 Å². The number of nitrogens with two attached hydrogens (primary N) is 1. The molecule has 2 fully saturated rings. The van der Waals surface area contributed by atoms with Crippen LogP contribution >= 0.6 is 0 Å². The molecule has 5 rings (SSSR count). The molecule has 1 saturated carbocycles. The predicted octanol–water partition coefficient (Wildman–Crippen LogP) is 3.21. The van der Waals surface area contributed by atoms with Crippen LogP contribution in [0, 0.1) is 6.92 Å². The van der Waals surface area contributed by atoms with Gasteiger partial charge in [0, 0.05) is 43.7 Å². The number of hydrogen-bond donors (Lipinski definition) is 2. The molecule has 232 valence electrons. The number of piperidine rings is 1. The number of nitrogens with one attached hydrogen (secondary N) is 1. The second-order valence-electron chi connectivity index (χ2n) is 10.4. The SMILES string of the molecule is Cc1ccc(S(=O)(=O)N2CCCC(NC(=O)C3(OC(=O)C(F)(F)F)CC3)C2)cc1-c1cnc2c(N)nc(C(F)(F)F)cn12. The van der Waals surface area contributed by atoms with Gasteiger partial charge in [0.25, 0.3) is 5.91 Å². The summed E-state index contributed by atoms with van der Waals surface area (Å²) in [5.41, 5.74) is 3.35. The van der Waals surface area contributed by atoms with Crippen molar-refractivity contribution in [2.75, 3.05) is 18.8 Å². The first kappa shape index (κ1) is 30.5. The third-order valence-corrected chi connectivity index (χ3v) is 9.15. The number of nitrogens with zero attached hydrogens (tertiary/aromatic N) is 4. The van der Waals surface area contributed by atoms with Gasteiger partial charge in [-0.15, -0.1) is 0 Å². The number of amides is 1. The van der Waals surface area contributed by atoms with Crippen LogP contribution in [0.15, 0.2) is 35.5 Å². The third-order valence-electron chi connectivity index (χ3n) is 7.29. The number of nitrogen functional groups attached to an aromatic ring is 1. The standard InChI is InChI=1S/C25H24F6N6O5S/c1-13-4-5-15(9-16(13)17-10-33-20-19(32)35-18(12-37(17)20)24(26,27)28)43(40,41)36-8-2-3-14(11-36)34-21(38)23(6-7-23)42-22(39)25(29,30)31/h4-5,9-10,12,14H,2-3,6-8,11H2,1H3,(H2,32,35)(H,34,38). The molecule has 1 saturated heterocycles. The number of rotatable bonds is 6. The quantitative estimate of drug-likeness (QED) is 0.310. The normalized spacial score (nSPS) is 19.3. The number of anilines is 1. The lowest BCUT2D eigenvalue weighted by molar-refractivity contribution is -0.207. The molecule has 0 radical (unpaired) electrons. The van der Waals surface area contributed by atoms with E-state index < -0.39 is 57.4 Å². The lowest BCUT2D eigenvalue weighted by Crippen LogP contribution is -2.53. The van der Waals surface area contributed by atoms with E-state index in [4.69, 9.17) is 5.73 Å². The number of benzene rings is 1. The van der Waals surface area contributed by atoms with E-state index in [-0.39, 0.29) is 47.7 Å². The van der Waals surface area contributed by atoms with Crippen LogP contribution in [0.25, 0.3) is 16.9 Å². The molecule has 2 aromatic heterocycles. The zero-order valence-electron chi connectivity index (χ0n) is 22.3. The number of halogens is 6. The molecule has 0 spiro atoms. The summed E-state index contributed by atoms with van der Waals surface area (Å²) in [6.45, 7) is 1.48. The Morgan fingerprint density at radius 2 is 1.86 bits per heavy atom. The minimum Gasteiger partial charge on any atom is -0.442 e. The third kappa shape index (κ3) is 5.84. The lowest BCUT2D eigenvalue weighted by atomic mass is 10.1. The van der Waals surface area contributed by atoms with Gasteiger partial charge in [-0.05, 0) is 37.5 Å². The topological polar surface area (TPSA) is 149 Å². The summed E-state index contributed by atoms with van der Waals surface area (Å²) in [4.78, 5) is 31.2. The van der Waals surface area contributed by atoms with E-state index in [1.165, 1.54) is 24.4 Å². The van der Waals surface area contributed by atoms with Gasteiger partial charge in [-0.25, -0.2) is 23.2 Å². The minimum atomic E-state index is -5.27. The molecule has 3 heterocycles. The molecule has 1 aromatic carbocycles. The highest BCUT2D eigenvalue weighted by Crippen LogP contribution is 2.42. The fraction of sp³-hybridized carbons (Fsp3) is 0.440. The van der Waals surface area contributed by atoms with Crippen molar-refractivity contribution in [1.29, 1.82) is 0 Å². The zero-order chi connectivity index (χ0) is 31.5. The summed E-state index contributed by atoms with van der Waals surface area (Å²) in [5.74, 6) is -3.89. The second-order valence-corrected chi connectivity index (χ2v) is 12.3. The molecule has 1 amide bonds. The average molecular weight is 635 g/mol. The predicted molar refractivity (Wildman–Crippen MR) is 137 cm³/mol. The molecule has 43 heavy (non-hydrogen) atoms. The number of carbonyl (C=O) groups excluding carboxylic acids is 2. The highest BCUT2D eigenvalue weighted by atomic mass is 32.2. The van der Waals surface area contributed by atoms with Gasteiger partial charge in [0.1, 0.15) is 0 Å². The van der Waals surface area contributed by atoms with E-state index in [0.717, 1.165) is 8.71 Å². The Hall–Kier alpha value is -3.93. The smallest absolute Gasteiger partial charge is 0.442 e. The highest BCUT2D eigenvalue weighted by molar-refractivity contribution is 7.89. The summed E-state index contributed by atoms with van der Waals surface area (Å²) in [6.07, 6.45) is -7.69. The Bertz CT molecular complexity index is 1720. The highest BCUT2D eigenvalue weighted by Gasteiger charge is 2.58. The molecule has 3 aromatic rings. The average Bonchev–Trinajstić information content (AvgIpc) is 3.57. The van der Waals surface area contributed by atoms with Gasteiger partial charge in [0.2, 0.25) is 10.0 Å². The van der Waals surface area contributed by atoms with Gasteiger partial charge in [0.05, 0.1) is 16.8 Å². The van der Waals surface area contributed by atoms with E-state index in [9.17, 15) is 44.3 Å². The number of aryl methyl sites for hydroxylation is 1. The Labute approximate surface area is 240 Å². The van der Waals surface area contributed by atoms with Gasteiger partial charge in [0.15, 0.2) is 22.8 Å². The van der Waals surface area contributed by atoms with Crippen LogP contribution in [-0.2, 0) is 30.5 Å². The van der Waals surface area contributed by atoms with Crippen molar-refractivity contribution in [3.05, 3.63) is 41.9 Å². The zero-order valence-corrected chi connectivity index (χ0v) is 23.1. The van der Waals surface area contributed by atoms with Crippen LogP contribution in [0.5, 0.6) is 0 Å². The fourth-order valence-electron chi connectivity index (χ4n) is 4.85. The van der Waals surface area contributed by atoms with Crippen molar-refractivity contribution in [3.63, 3.8) is 0 Å². The molecular formula is C25H24F6N6O5S. The van der Waals surface area contributed by atoms with Crippen LogP contribution in [0.1, 0.15) is 36.9 Å². The molecule has 1 aliphatic carbocycles. The Morgan fingerprint density at radius 3 is 2.49 bits per heavy atom. The molecule has 1 aliphatic heterocycles. The summed E-state index contributed by atoms with van der Waals surface area (Å²) in [7, 11) is -4.21. The molecular weight excluding hydrogens is 610 g/mol. The van der Waals surface area contributed by atoms with Crippen molar-refractivity contribution in [2.24, 2.45) is 0 Å².